The van der Waals surface area contributed by atoms with Crippen LogP contribution in [0.2, 0.25) is 0 Å². The number of carbonyl (C=O) groups is 2. The molecule has 2 N–H and O–H groups in total. The van der Waals surface area contributed by atoms with Crippen LogP contribution in [-0.2, 0) is 27.9 Å². The minimum atomic E-state index is -4.47. The summed E-state index contributed by atoms with van der Waals surface area (Å²) in [5.74, 6) is -0.551. The Morgan fingerprint density at radius 3 is 1.18 bits per heavy atom. The number of phosphoric acid groups is 1. The molecular formula is C73H126N2O7P+. The van der Waals surface area contributed by atoms with Gasteiger partial charge >= 0.3 is 13.8 Å². The van der Waals surface area contributed by atoms with Crippen molar-refractivity contribution in [2.24, 2.45) is 0 Å². The van der Waals surface area contributed by atoms with E-state index in [9.17, 15) is 19.0 Å². The maximum Gasteiger partial charge on any atom is 0.472 e. The fourth-order valence-corrected chi connectivity index (χ4v) is 9.66. The molecule has 3 unspecified atom stereocenters. The number of ether oxygens (including phenoxy) is 1. The number of carbonyl (C=O) groups excluding carboxylic acids is 2. The Morgan fingerprint density at radius 1 is 0.434 bits per heavy atom. The van der Waals surface area contributed by atoms with Crippen molar-refractivity contribution in [1.29, 1.82) is 0 Å². The van der Waals surface area contributed by atoms with Gasteiger partial charge in [0, 0.05) is 12.8 Å². The summed E-state index contributed by atoms with van der Waals surface area (Å²) >= 11 is 0. The fourth-order valence-electron chi connectivity index (χ4n) is 8.93. The van der Waals surface area contributed by atoms with Crippen LogP contribution in [0.4, 0.5) is 0 Å². The Bertz CT molecular complexity index is 1880. The molecule has 0 fully saturated rings. The van der Waals surface area contributed by atoms with Crippen molar-refractivity contribution < 1.29 is 37.3 Å². The van der Waals surface area contributed by atoms with Crippen LogP contribution < -0.4 is 5.32 Å². The van der Waals surface area contributed by atoms with Gasteiger partial charge < -0.3 is 19.4 Å². The summed E-state index contributed by atoms with van der Waals surface area (Å²) in [7, 11) is 1.45. The third-order valence-electron chi connectivity index (χ3n) is 14.1. The number of nitrogens with one attached hydrogen (secondary N) is 1. The molecular weight excluding hydrogens is 1050 g/mol. The van der Waals surface area contributed by atoms with Crippen LogP contribution in [0.25, 0.3) is 0 Å². The number of hydrogen-bond donors (Lipinski definition) is 2. The summed E-state index contributed by atoms with van der Waals surface area (Å²) in [5, 5.41) is 3.05. The van der Waals surface area contributed by atoms with Crippen LogP contribution in [0.5, 0.6) is 0 Å². The standard InChI is InChI=1S/C73H125N2O7P/c1-7-10-13-16-19-22-25-27-29-31-33-35-36-37-38-40-41-43-45-47-50-53-56-59-62-65-72(76)74-70(69-81-83(78,79)80-68-67-75(4,5)6)71(64-61-58-55-52-49-24-21-18-15-12-9-3)82-73(77)66-63-60-57-54-51-48-46-44-42-39-34-32-30-28-26-23-20-17-14-11-8-2/h10,13,19-20,22-23,27-30,33-35,37-39,41,43-44,46,61,64,70-71H,7-9,11-12,14-18,21,24-26,31-32,36,40,42,45,47-60,62-63,65-69H2,1-6H3,(H-,74,76,78,79)/p+1/b13-10-,22-19-,23-20-,29-27-,30-28-,35-33-,38-37-,39-34-,43-41-,46-44-,64-61-. The number of nitrogens with zero attached hydrogens (tertiary/aromatic N) is 1. The quantitative estimate of drug-likeness (QED) is 0.0205. The lowest BCUT2D eigenvalue weighted by Gasteiger charge is -2.27. The van der Waals surface area contributed by atoms with Crippen LogP contribution in [0.1, 0.15) is 265 Å². The molecule has 0 aliphatic carbocycles. The molecule has 0 aromatic heterocycles. The number of rotatable bonds is 59. The van der Waals surface area contributed by atoms with Crippen molar-refractivity contribution in [3.63, 3.8) is 0 Å². The van der Waals surface area contributed by atoms with Crippen molar-refractivity contribution in [3.8, 4) is 0 Å². The lowest BCUT2D eigenvalue weighted by atomic mass is 10.1. The number of allylic oxidation sites excluding steroid dienone is 21. The highest BCUT2D eigenvalue weighted by Gasteiger charge is 2.30. The van der Waals surface area contributed by atoms with E-state index in [2.05, 4.69) is 148 Å². The Morgan fingerprint density at radius 2 is 0.771 bits per heavy atom. The van der Waals surface area contributed by atoms with Gasteiger partial charge in [-0.1, -0.05) is 258 Å². The average molecular weight is 1170 g/mol. The lowest BCUT2D eigenvalue weighted by Crippen LogP contribution is -2.47. The summed E-state index contributed by atoms with van der Waals surface area (Å²) in [6.07, 6.45) is 87.4. The van der Waals surface area contributed by atoms with Crippen molar-refractivity contribution in [2.45, 2.75) is 277 Å². The molecule has 0 aromatic carbocycles. The van der Waals surface area contributed by atoms with E-state index in [1.54, 1.807) is 0 Å². The lowest BCUT2D eigenvalue weighted by molar-refractivity contribution is -0.870. The SMILES string of the molecule is CC/C=C\C/C=C\C/C=C\C/C=C\C/C=C\C/C=C\CCCCCCCCC(=O)NC(COP(=O)(O)OCC[N+](C)(C)C)C(/C=C\CCCCCCCCCCC)OC(=O)CCCCCCC/C=C\C/C=C\C/C=C\C/C=C\CCCCC. The largest absolute Gasteiger partial charge is 0.472 e. The molecule has 0 radical (unpaired) electrons. The summed E-state index contributed by atoms with van der Waals surface area (Å²) in [6.45, 7) is 6.83. The zero-order chi connectivity index (χ0) is 60.7. The summed E-state index contributed by atoms with van der Waals surface area (Å²) < 4.78 is 30.7. The molecule has 474 valence electrons. The minimum absolute atomic E-state index is 0.0262. The Labute approximate surface area is 511 Å². The first kappa shape index (κ1) is 79.2. The van der Waals surface area contributed by atoms with E-state index in [1.807, 2.05) is 33.3 Å². The first-order chi connectivity index (χ1) is 40.4. The average Bonchev–Trinajstić information content (AvgIpc) is 3.51. The van der Waals surface area contributed by atoms with E-state index in [-0.39, 0.29) is 31.5 Å². The van der Waals surface area contributed by atoms with Crippen LogP contribution in [0.15, 0.2) is 134 Å². The number of hydrogen-bond acceptors (Lipinski definition) is 6. The fraction of sp³-hybridized carbons (Fsp3) is 0.671. The molecule has 1 amide bonds. The monoisotopic (exact) mass is 1170 g/mol. The van der Waals surface area contributed by atoms with Gasteiger partial charge in [0.2, 0.25) is 5.91 Å². The molecule has 9 nitrogen and oxygen atoms in total. The highest BCUT2D eigenvalue weighted by atomic mass is 31.2. The Balaban J connectivity index is 5.20. The maximum atomic E-state index is 13.6. The molecule has 0 saturated heterocycles. The highest BCUT2D eigenvalue weighted by Crippen LogP contribution is 2.43. The molecule has 83 heavy (non-hydrogen) atoms. The highest BCUT2D eigenvalue weighted by molar-refractivity contribution is 7.47. The van der Waals surface area contributed by atoms with Crippen molar-refractivity contribution in [1.82, 2.24) is 5.32 Å². The van der Waals surface area contributed by atoms with Gasteiger partial charge in [0.1, 0.15) is 19.3 Å². The second-order valence-corrected chi connectivity index (χ2v) is 24.7. The molecule has 0 aromatic rings. The van der Waals surface area contributed by atoms with Crippen molar-refractivity contribution in [3.05, 3.63) is 134 Å². The van der Waals surface area contributed by atoms with Gasteiger partial charge in [0.15, 0.2) is 0 Å². The molecule has 0 heterocycles. The molecule has 0 aliphatic rings. The third-order valence-corrected chi connectivity index (χ3v) is 15.1. The Kier molecular flexibility index (Phi) is 58.4. The molecule has 0 bridgehead atoms. The molecule has 3 atom stereocenters. The van der Waals surface area contributed by atoms with Gasteiger partial charge in [-0.3, -0.25) is 18.6 Å². The van der Waals surface area contributed by atoms with Crippen LogP contribution in [-0.4, -0.2) is 74.3 Å². The second kappa shape index (κ2) is 61.2. The van der Waals surface area contributed by atoms with Gasteiger partial charge in [-0.25, -0.2) is 4.57 Å². The maximum absolute atomic E-state index is 13.6. The van der Waals surface area contributed by atoms with Crippen LogP contribution in [0, 0.1) is 0 Å². The van der Waals surface area contributed by atoms with E-state index in [4.69, 9.17) is 13.8 Å². The van der Waals surface area contributed by atoms with E-state index in [1.165, 1.54) is 70.6 Å². The summed E-state index contributed by atoms with van der Waals surface area (Å²) in [4.78, 5) is 37.8. The first-order valence-electron chi connectivity index (χ1n) is 33.5. The summed E-state index contributed by atoms with van der Waals surface area (Å²) in [6, 6.07) is -0.875. The van der Waals surface area contributed by atoms with Gasteiger partial charge in [0.05, 0.1) is 33.8 Å². The van der Waals surface area contributed by atoms with Crippen LogP contribution >= 0.6 is 7.82 Å². The topological polar surface area (TPSA) is 111 Å². The molecule has 0 spiro atoms. The number of esters is 1. The Hall–Kier alpha value is -3.85. The van der Waals surface area contributed by atoms with E-state index in [0.717, 1.165) is 154 Å². The zero-order valence-corrected chi connectivity index (χ0v) is 55.0. The molecule has 0 saturated carbocycles. The number of quaternary nitrogens is 1. The second-order valence-electron chi connectivity index (χ2n) is 23.3. The van der Waals surface area contributed by atoms with Gasteiger partial charge in [-0.2, -0.15) is 0 Å². The molecule has 10 heteroatoms. The number of likely N-dealkylation sites (N-methyl/N-ethyl adjacent to an activating group) is 1. The van der Waals surface area contributed by atoms with Crippen molar-refractivity contribution in [2.75, 3.05) is 40.9 Å². The zero-order valence-electron chi connectivity index (χ0n) is 54.1. The number of unbranched alkanes of at least 4 members (excludes halogenated alkanes) is 23. The van der Waals surface area contributed by atoms with Crippen LogP contribution in [0.3, 0.4) is 0 Å². The van der Waals surface area contributed by atoms with Gasteiger partial charge in [-0.15, -0.1) is 0 Å². The first-order valence-corrected chi connectivity index (χ1v) is 35.0. The van der Waals surface area contributed by atoms with Gasteiger partial charge in [0.25, 0.3) is 0 Å². The van der Waals surface area contributed by atoms with Crippen molar-refractivity contribution >= 4 is 19.7 Å². The number of phosphoric ester groups is 1. The third kappa shape index (κ3) is 62.5. The van der Waals surface area contributed by atoms with Gasteiger partial charge in [-0.05, 0) is 128 Å². The molecule has 0 aliphatic heterocycles. The predicted octanol–water partition coefficient (Wildman–Crippen LogP) is 21.2. The van der Waals surface area contributed by atoms with E-state index < -0.39 is 20.0 Å². The van der Waals surface area contributed by atoms with E-state index in [0.29, 0.717) is 23.9 Å². The smallest absolute Gasteiger partial charge is 0.456 e. The summed E-state index contributed by atoms with van der Waals surface area (Å²) in [5.41, 5.74) is 0. The normalized spacial score (nSPS) is 14.4. The predicted molar refractivity (Wildman–Crippen MR) is 359 cm³/mol. The number of amides is 1. The van der Waals surface area contributed by atoms with E-state index >= 15 is 0 Å². The minimum Gasteiger partial charge on any atom is -0.456 e. The molecule has 0 rings (SSSR count).